The second-order valence-electron chi connectivity index (χ2n) is 3.29. The Kier molecular flexibility index (Phi) is 7.88. The molecule has 0 radical (unpaired) electrons. The summed E-state index contributed by atoms with van der Waals surface area (Å²) in [5.74, 6) is 0. The van der Waals surface area contributed by atoms with Crippen molar-refractivity contribution in [1.29, 1.82) is 0 Å². The fraction of sp³-hybridized carbons (Fsp3) is 0.455. The first-order chi connectivity index (χ1) is 6.80. The zero-order valence-corrected chi connectivity index (χ0v) is 10.7. The molecule has 1 atom stereocenters. The first kappa shape index (κ1) is 14.8. The molecule has 0 amide bonds. The Morgan fingerprint density at radius 2 is 1.93 bits per heavy atom. The first-order valence-electron chi connectivity index (χ1n) is 4.82. The number of hydrogen-bond donors (Lipinski definition) is 2. The number of hydrogen-bond acceptors (Lipinski definition) is 3. The number of rotatable bonds is 5. The number of benzene rings is 1. The molecule has 0 saturated carbocycles. The van der Waals surface area contributed by atoms with E-state index < -0.39 is 0 Å². The lowest BCUT2D eigenvalue weighted by Gasteiger charge is -2.12. The normalized spacial score (nSPS) is 11.9. The van der Waals surface area contributed by atoms with Gasteiger partial charge in [0.05, 0.1) is 0 Å². The molecule has 2 N–H and O–H groups in total. The van der Waals surface area contributed by atoms with Gasteiger partial charge in [-0.15, -0.1) is 24.2 Å². The Bertz CT molecular complexity index is 262. The highest BCUT2D eigenvalue weighted by molar-refractivity contribution is 7.98. The molecular formula is C11H18ClNOS. The van der Waals surface area contributed by atoms with Gasteiger partial charge in [0.1, 0.15) is 0 Å². The van der Waals surface area contributed by atoms with E-state index in [-0.39, 0.29) is 18.4 Å². The van der Waals surface area contributed by atoms with E-state index in [9.17, 15) is 0 Å². The molecule has 4 heteroatoms. The standard InChI is InChI=1S/C11H17NOS.ClH/c1-3-10(12-13)8-9-4-6-11(14-2)7-5-9;/h4-7,10,12-13H,3,8H2,1-2H3;1H. The summed E-state index contributed by atoms with van der Waals surface area (Å²) in [6.45, 7) is 2.06. The third kappa shape index (κ3) is 4.89. The van der Waals surface area contributed by atoms with Crippen molar-refractivity contribution in [3.8, 4) is 0 Å². The molecule has 86 valence electrons. The van der Waals surface area contributed by atoms with E-state index in [1.54, 1.807) is 11.8 Å². The van der Waals surface area contributed by atoms with Crippen LogP contribution in [0.1, 0.15) is 18.9 Å². The molecule has 1 rings (SSSR count). The first-order valence-corrected chi connectivity index (χ1v) is 6.05. The molecular weight excluding hydrogens is 230 g/mol. The summed E-state index contributed by atoms with van der Waals surface area (Å²) >= 11 is 1.74. The smallest absolute Gasteiger partial charge is 0.0357 e. The fourth-order valence-corrected chi connectivity index (χ4v) is 1.74. The second kappa shape index (κ2) is 7.99. The highest BCUT2D eigenvalue weighted by Gasteiger charge is 2.04. The molecule has 1 aromatic rings. The van der Waals surface area contributed by atoms with Crippen LogP contribution in [-0.4, -0.2) is 17.5 Å². The molecule has 0 bridgehead atoms. The highest BCUT2D eigenvalue weighted by Crippen LogP contribution is 2.15. The van der Waals surface area contributed by atoms with Gasteiger partial charge >= 0.3 is 0 Å². The predicted molar refractivity (Wildman–Crippen MR) is 68.2 cm³/mol. The molecule has 0 aliphatic carbocycles. The van der Waals surface area contributed by atoms with E-state index in [1.165, 1.54) is 10.5 Å². The molecule has 0 heterocycles. The van der Waals surface area contributed by atoms with Crippen molar-refractivity contribution in [3.63, 3.8) is 0 Å². The zero-order chi connectivity index (χ0) is 10.4. The Morgan fingerprint density at radius 3 is 2.33 bits per heavy atom. The van der Waals surface area contributed by atoms with Crippen molar-refractivity contribution in [2.45, 2.75) is 30.7 Å². The van der Waals surface area contributed by atoms with Crippen molar-refractivity contribution in [3.05, 3.63) is 29.8 Å². The van der Waals surface area contributed by atoms with E-state index in [4.69, 9.17) is 5.21 Å². The van der Waals surface area contributed by atoms with Gasteiger partial charge in [-0.25, -0.2) is 5.48 Å². The maximum absolute atomic E-state index is 8.83. The number of halogens is 1. The van der Waals surface area contributed by atoms with Gasteiger partial charge in [0.2, 0.25) is 0 Å². The largest absolute Gasteiger partial charge is 0.317 e. The molecule has 2 nitrogen and oxygen atoms in total. The summed E-state index contributed by atoms with van der Waals surface area (Å²) in [7, 11) is 0. The second-order valence-corrected chi connectivity index (χ2v) is 4.17. The topological polar surface area (TPSA) is 32.3 Å². The van der Waals surface area contributed by atoms with Gasteiger partial charge in [-0.3, -0.25) is 0 Å². The monoisotopic (exact) mass is 247 g/mol. The summed E-state index contributed by atoms with van der Waals surface area (Å²) in [4.78, 5) is 1.28. The molecule has 0 saturated heterocycles. The molecule has 0 spiro atoms. The molecule has 15 heavy (non-hydrogen) atoms. The van der Waals surface area contributed by atoms with Crippen LogP contribution in [0.25, 0.3) is 0 Å². The molecule has 0 aromatic heterocycles. The maximum atomic E-state index is 8.83. The van der Waals surface area contributed by atoms with E-state index in [0.717, 1.165) is 12.8 Å². The lowest BCUT2D eigenvalue weighted by atomic mass is 10.1. The Hall–Kier alpha value is -0.220. The van der Waals surface area contributed by atoms with Crippen LogP contribution in [-0.2, 0) is 6.42 Å². The lowest BCUT2D eigenvalue weighted by molar-refractivity contribution is 0.123. The van der Waals surface area contributed by atoms with Crippen molar-refractivity contribution >= 4 is 24.2 Å². The van der Waals surface area contributed by atoms with E-state index in [1.807, 2.05) is 0 Å². The van der Waals surface area contributed by atoms with Crippen molar-refractivity contribution in [2.75, 3.05) is 6.26 Å². The number of nitrogens with one attached hydrogen (secondary N) is 1. The number of thioether (sulfide) groups is 1. The Labute approximate surface area is 102 Å². The van der Waals surface area contributed by atoms with Gasteiger partial charge in [-0.05, 0) is 36.8 Å². The predicted octanol–water partition coefficient (Wildman–Crippen LogP) is 3.13. The summed E-state index contributed by atoms with van der Waals surface area (Å²) in [5.41, 5.74) is 3.58. The third-order valence-electron chi connectivity index (χ3n) is 2.32. The van der Waals surface area contributed by atoms with Crippen molar-refractivity contribution < 1.29 is 5.21 Å². The van der Waals surface area contributed by atoms with Gasteiger partial charge in [0.15, 0.2) is 0 Å². The van der Waals surface area contributed by atoms with Crippen LogP contribution in [0.3, 0.4) is 0 Å². The highest BCUT2D eigenvalue weighted by atomic mass is 35.5. The molecule has 0 aliphatic rings. The van der Waals surface area contributed by atoms with Crippen LogP contribution in [0, 0.1) is 0 Å². The average Bonchev–Trinajstić information content (AvgIpc) is 2.26. The molecule has 0 fully saturated rings. The van der Waals surface area contributed by atoms with Gasteiger partial charge in [-0.1, -0.05) is 19.1 Å². The number of hydroxylamine groups is 1. The Morgan fingerprint density at radius 1 is 1.33 bits per heavy atom. The molecule has 1 aromatic carbocycles. The molecule has 0 aliphatic heterocycles. The Balaban J connectivity index is 0.00000196. The minimum atomic E-state index is 0. The molecule has 1 unspecified atom stereocenters. The van der Waals surface area contributed by atoms with Crippen LogP contribution >= 0.6 is 24.2 Å². The van der Waals surface area contributed by atoms with Gasteiger partial charge in [-0.2, -0.15) is 0 Å². The maximum Gasteiger partial charge on any atom is 0.0357 e. The summed E-state index contributed by atoms with van der Waals surface area (Å²) < 4.78 is 0. The van der Waals surface area contributed by atoms with Crippen LogP contribution < -0.4 is 5.48 Å². The minimum absolute atomic E-state index is 0. The lowest BCUT2D eigenvalue weighted by Crippen LogP contribution is -2.27. The fourth-order valence-electron chi connectivity index (χ4n) is 1.33. The third-order valence-corrected chi connectivity index (χ3v) is 3.06. The van der Waals surface area contributed by atoms with Gasteiger partial charge < -0.3 is 5.21 Å². The average molecular weight is 248 g/mol. The van der Waals surface area contributed by atoms with Gasteiger partial charge in [0, 0.05) is 10.9 Å². The van der Waals surface area contributed by atoms with Crippen LogP contribution in [0.15, 0.2) is 29.2 Å². The van der Waals surface area contributed by atoms with E-state index >= 15 is 0 Å². The van der Waals surface area contributed by atoms with Crippen LogP contribution in [0.4, 0.5) is 0 Å². The van der Waals surface area contributed by atoms with E-state index in [2.05, 4.69) is 42.9 Å². The van der Waals surface area contributed by atoms with Crippen LogP contribution in [0.2, 0.25) is 0 Å². The minimum Gasteiger partial charge on any atom is -0.317 e. The zero-order valence-electron chi connectivity index (χ0n) is 9.06. The summed E-state index contributed by atoms with van der Waals surface area (Å²) in [6, 6.07) is 8.63. The quantitative estimate of drug-likeness (QED) is 0.620. The van der Waals surface area contributed by atoms with Crippen molar-refractivity contribution in [1.82, 2.24) is 5.48 Å². The summed E-state index contributed by atoms with van der Waals surface area (Å²) in [6.07, 6.45) is 3.88. The summed E-state index contributed by atoms with van der Waals surface area (Å²) in [5, 5.41) is 8.83. The van der Waals surface area contributed by atoms with Crippen molar-refractivity contribution in [2.24, 2.45) is 0 Å². The van der Waals surface area contributed by atoms with E-state index in [0.29, 0.717) is 0 Å². The van der Waals surface area contributed by atoms with Crippen LogP contribution in [0.5, 0.6) is 0 Å². The SMILES string of the molecule is CCC(Cc1ccc(SC)cc1)NO.Cl. The van der Waals surface area contributed by atoms with Gasteiger partial charge in [0.25, 0.3) is 0 Å².